The van der Waals surface area contributed by atoms with E-state index in [9.17, 15) is 0 Å². The van der Waals surface area contributed by atoms with E-state index < -0.39 is 0 Å². The molecule has 18 heavy (non-hydrogen) atoms. The standard InChI is InChI=1S/C12H17Cl2N3S/c1-18-12(4-2-3-5-12)7-16-11-9(14)6-8(13)10(15)17-11/h6H,2-5,7H2,1H3,(H3,15,16,17). The van der Waals surface area contributed by atoms with E-state index in [4.69, 9.17) is 28.9 Å². The van der Waals surface area contributed by atoms with Gasteiger partial charge in [-0.15, -0.1) is 0 Å². The molecule has 6 heteroatoms. The van der Waals surface area contributed by atoms with E-state index in [1.807, 2.05) is 11.8 Å². The molecule has 0 aromatic carbocycles. The van der Waals surface area contributed by atoms with Crippen molar-refractivity contribution in [1.29, 1.82) is 0 Å². The van der Waals surface area contributed by atoms with Crippen LogP contribution < -0.4 is 11.1 Å². The molecule has 1 fully saturated rings. The summed E-state index contributed by atoms with van der Waals surface area (Å²) in [6, 6.07) is 1.63. The van der Waals surface area contributed by atoms with Crippen LogP contribution in [-0.2, 0) is 0 Å². The van der Waals surface area contributed by atoms with Gasteiger partial charge in [-0.1, -0.05) is 36.0 Å². The summed E-state index contributed by atoms with van der Waals surface area (Å²) in [5, 5.41) is 4.22. The fourth-order valence-electron chi connectivity index (χ4n) is 2.32. The van der Waals surface area contributed by atoms with Gasteiger partial charge in [0, 0.05) is 11.3 Å². The van der Waals surface area contributed by atoms with Crippen molar-refractivity contribution < 1.29 is 0 Å². The highest BCUT2D eigenvalue weighted by molar-refractivity contribution is 8.00. The summed E-state index contributed by atoms with van der Waals surface area (Å²) in [5.74, 6) is 0.937. The summed E-state index contributed by atoms with van der Waals surface area (Å²) in [7, 11) is 0. The largest absolute Gasteiger partial charge is 0.382 e. The molecule has 0 saturated heterocycles. The zero-order valence-corrected chi connectivity index (χ0v) is 12.6. The van der Waals surface area contributed by atoms with Gasteiger partial charge in [-0.25, -0.2) is 4.98 Å². The maximum absolute atomic E-state index is 6.10. The van der Waals surface area contributed by atoms with Crippen LogP contribution in [0.15, 0.2) is 6.07 Å². The molecule has 2 rings (SSSR count). The number of anilines is 2. The maximum Gasteiger partial charge on any atom is 0.147 e. The number of nitrogens with zero attached hydrogens (tertiary/aromatic N) is 1. The molecule has 0 radical (unpaired) electrons. The van der Waals surface area contributed by atoms with E-state index in [0.29, 0.717) is 26.4 Å². The van der Waals surface area contributed by atoms with Gasteiger partial charge in [-0.2, -0.15) is 11.8 Å². The summed E-state index contributed by atoms with van der Waals surface area (Å²) < 4.78 is 0.305. The third-order valence-corrected chi connectivity index (χ3v) is 5.49. The first-order chi connectivity index (χ1) is 8.56. The molecule has 3 nitrogen and oxygen atoms in total. The van der Waals surface area contributed by atoms with Crippen LogP contribution in [0.4, 0.5) is 11.6 Å². The van der Waals surface area contributed by atoms with Gasteiger partial charge in [0.05, 0.1) is 10.0 Å². The minimum atomic E-state index is 0.305. The summed E-state index contributed by atoms with van der Waals surface area (Å²) >= 11 is 13.9. The van der Waals surface area contributed by atoms with Crippen LogP contribution in [-0.4, -0.2) is 22.5 Å². The number of nitrogens with one attached hydrogen (secondary N) is 1. The second kappa shape index (κ2) is 5.76. The van der Waals surface area contributed by atoms with E-state index in [2.05, 4.69) is 16.6 Å². The monoisotopic (exact) mass is 305 g/mol. The maximum atomic E-state index is 6.10. The quantitative estimate of drug-likeness (QED) is 0.881. The minimum Gasteiger partial charge on any atom is -0.382 e. The number of thioether (sulfide) groups is 1. The summed E-state index contributed by atoms with van der Waals surface area (Å²) in [4.78, 5) is 4.19. The first kappa shape index (κ1) is 14.1. The molecule has 0 bridgehead atoms. The van der Waals surface area contributed by atoms with Crippen LogP contribution in [0.5, 0.6) is 0 Å². The van der Waals surface area contributed by atoms with Gasteiger partial charge in [-0.05, 0) is 25.2 Å². The Morgan fingerprint density at radius 2 is 2.06 bits per heavy atom. The molecule has 0 aliphatic heterocycles. The second-order valence-electron chi connectivity index (χ2n) is 4.63. The van der Waals surface area contributed by atoms with Crippen molar-refractivity contribution in [3.63, 3.8) is 0 Å². The zero-order chi connectivity index (χ0) is 13.2. The summed E-state index contributed by atoms with van der Waals surface area (Å²) in [6.45, 7) is 0.863. The number of nitrogen functional groups attached to an aromatic ring is 1. The lowest BCUT2D eigenvalue weighted by atomic mass is 10.1. The highest BCUT2D eigenvalue weighted by Gasteiger charge is 2.32. The van der Waals surface area contributed by atoms with Gasteiger partial charge >= 0.3 is 0 Å². The molecular formula is C12H17Cl2N3S. The Morgan fingerprint density at radius 3 is 2.67 bits per heavy atom. The lowest BCUT2D eigenvalue weighted by Crippen LogP contribution is -2.30. The zero-order valence-electron chi connectivity index (χ0n) is 10.3. The van der Waals surface area contributed by atoms with E-state index >= 15 is 0 Å². The third-order valence-electron chi connectivity index (χ3n) is 3.48. The van der Waals surface area contributed by atoms with E-state index in [1.165, 1.54) is 25.7 Å². The topological polar surface area (TPSA) is 50.9 Å². The van der Waals surface area contributed by atoms with Gasteiger partial charge in [-0.3, -0.25) is 0 Å². The van der Waals surface area contributed by atoms with Crippen molar-refractivity contribution in [2.45, 2.75) is 30.4 Å². The number of halogens is 2. The fourth-order valence-corrected chi connectivity index (χ4v) is 3.66. The van der Waals surface area contributed by atoms with E-state index in [0.717, 1.165) is 6.54 Å². The lowest BCUT2D eigenvalue weighted by molar-refractivity contribution is 0.639. The first-order valence-corrected chi connectivity index (χ1v) is 7.95. The van der Waals surface area contributed by atoms with Crippen LogP contribution in [0.1, 0.15) is 25.7 Å². The van der Waals surface area contributed by atoms with Crippen LogP contribution >= 0.6 is 35.0 Å². The number of pyridine rings is 1. The molecule has 0 spiro atoms. The Hall–Kier alpha value is -0.320. The number of nitrogens with two attached hydrogens (primary N) is 1. The molecular weight excluding hydrogens is 289 g/mol. The van der Waals surface area contributed by atoms with Gasteiger partial charge in [0.1, 0.15) is 11.6 Å². The van der Waals surface area contributed by atoms with Gasteiger partial charge in [0.2, 0.25) is 0 Å². The Labute approximate surface area is 122 Å². The van der Waals surface area contributed by atoms with Crippen LogP contribution in [0.25, 0.3) is 0 Å². The molecule has 1 aromatic heterocycles. The van der Waals surface area contributed by atoms with Crippen LogP contribution in [0.3, 0.4) is 0 Å². The summed E-state index contributed by atoms with van der Waals surface area (Å²) in [5.41, 5.74) is 5.69. The van der Waals surface area contributed by atoms with Crippen molar-refractivity contribution >= 4 is 46.6 Å². The Balaban J connectivity index is 2.08. The number of hydrogen-bond acceptors (Lipinski definition) is 4. The Kier molecular flexibility index (Phi) is 4.51. The van der Waals surface area contributed by atoms with Crippen molar-refractivity contribution in [2.24, 2.45) is 0 Å². The van der Waals surface area contributed by atoms with E-state index in [1.54, 1.807) is 6.07 Å². The number of hydrogen-bond donors (Lipinski definition) is 2. The molecule has 0 atom stereocenters. The van der Waals surface area contributed by atoms with Crippen molar-refractivity contribution in [1.82, 2.24) is 4.98 Å². The molecule has 100 valence electrons. The van der Waals surface area contributed by atoms with Crippen molar-refractivity contribution in [3.05, 3.63) is 16.1 Å². The average Bonchev–Trinajstić information content (AvgIpc) is 2.82. The van der Waals surface area contributed by atoms with Crippen molar-refractivity contribution in [2.75, 3.05) is 23.9 Å². The van der Waals surface area contributed by atoms with Crippen LogP contribution in [0.2, 0.25) is 10.0 Å². The highest BCUT2D eigenvalue weighted by Crippen LogP contribution is 2.40. The molecule has 1 aromatic rings. The molecule has 1 saturated carbocycles. The predicted molar refractivity (Wildman–Crippen MR) is 81.9 cm³/mol. The average molecular weight is 306 g/mol. The first-order valence-electron chi connectivity index (χ1n) is 5.97. The second-order valence-corrected chi connectivity index (χ2v) is 6.72. The van der Waals surface area contributed by atoms with Crippen molar-refractivity contribution in [3.8, 4) is 0 Å². The molecule has 1 heterocycles. The van der Waals surface area contributed by atoms with Gasteiger partial charge in [0.25, 0.3) is 0 Å². The number of aromatic nitrogens is 1. The van der Waals surface area contributed by atoms with Gasteiger partial charge in [0.15, 0.2) is 0 Å². The minimum absolute atomic E-state index is 0.305. The summed E-state index contributed by atoms with van der Waals surface area (Å²) in [6.07, 6.45) is 7.24. The fraction of sp³-hybridized carbons (Fsp3) is 0.583. The predicted octanol–water partition coefficient (Wildman–Crippen LogP) is 4.06. The lowest BCUT2D eigenvalue weighted by Gasteiger charge is -2.27. The molecule has 0 unspecified atom stereocenters. The normalized spacial score (nSPS) is 17.9. The third kappa shape index (κ3) is 2.98. The molecule has 0 amide bonds. The molecule has 1 aliphatic rings. The smallest absolute Gasteiger partial charge is 0.147 e. The molecule has 1 aliphatic carbocycles. The van der Waals surface area contributed by atoms with Gasteiger partial charge < -0.3 is 11.1 Å². The highest BCUT2D eigenvalue weighted by atomic mass is 35.5. The van der Waals surface area contributed by atoms with E-state index in [-0.39, 0.29) is 0 Å². The number of rotatable bonds is 4. The Bertz CT molecular complexity index is 434. The SMILES string of the molecule is CSC1(CNc2nc(N)c(Cl)cc2Cl)CCCC1. The van der Waals surface area contributed by atoms with Crippen LogP contribution in [0, 0.1) is 0 Å². The molecule has 3 N–H and O–H groups in total. The Morgan fingerprint density at radius 1 is 1.39 bits per heavy atom.